The molecule has 4 nitrogen and oxygen atoms in total. The largest absolute Gasteiger partial charge is 0.399 e. The SMILES string of the molecule is Cc1cc(S(=O)CC(=O)NCCC(C)C)ccc1N. The maximum Gasteiger partial charge on any atom is 0.232 e. The first-order valence-electron chi connectivity index (χ1n) is 6.41. The molecular weight excluding hydrogens is 260 g/mol. The first kappa shape index (κ1) is 15.7. The molecule has 0 aliphatic heterocycles. The number of carbonyl (C=O) groups is 1. The van der Waals surface area contributed by atoms with E-state index in [1.54, 1.807) is 18.2 Å². The van der Waals surface area contributed by atoms with Gasteiger partial charge in [-0.25, -0.2) is 0 Å². The topological polar surface area (TPSA) is 72.2 Å². The van der Waals surface area contributed by atoms with Gasteiger partial charge < -0.3 is 11.1 Å². The Morgan fingerprint density at radius 2 is 2.11 bits per heavy atom. The van der Waals surface area contributed by atoms with Gasteiger partial charge in [0.25, 0.3) is 0 Å². The zero-order valence-electron chi connectivity index (χ0n) is 11.7. The third-order valence-electron chi connectivity index (χ3n) is 2.81. The predicted molar refractivity (Wildman–Crippen MR) is 79.3 cm³/mol. The number of hydrogen-bond donors (Lipinski definition) is 2. The van der Waals surface area contributed by atoms with Gasteiger partial charge in [0.05, 0.1) is 10.8 Å². The van der Waals surface area contributed by atoms with Crippen LogP contribution in [0.3, 0.4) is 0 Å². The summed E-state index contributed by atoms with van der Waals surface area (Å²) in [4.78, 5) is 12.3. The van der Waals surface area contributed by atoms with Crippen molar-refractivity contribution in [2.75, 3.05) is 18.0 Å². The molecule has 19 heavy (non-hydrogen) atoms. The minimum Gasteiger partial charge on any atom is -0.399 e. The van der Waals surface area contributed by atoms with Crippen LogP contribution in [-0.2, 0) is 15.6 Å². The summed E-state index contributed by atoms with van der Waals surface area (Å²) >= 11 is 0. The Bertz CT molecular complexity index is 473. The standard InChI is InChI=1S/C14H22N2O2S/c1-10(2)6-7-16-14(17)9-19(18)12-4-5-13(15)11(3)8-12/h4-5,8,10H,6-7,9,15H2,1-3H3,(H,16,17). The minimum atomic E-state index is -1.31. The molecule has 0 saturated carbocycles. The fourth-order valence-corrected chi connectivity index (χ4v) is 2.58. The lowest BCUT2D eigenvalue weighted by Crippen LogP contribution is -2.29. The summed E-state index contributed by atoms with van der Waals surface area (Å²) in [6, 6.07) is 5.20. The third-order valence-corrected chi connectivity index (χ3v) is 4.11. The third kappa shape index (κ3) is 5.42. The highest BCUT2D eigenvalue weighted by molar-refractivity contribution is 7.85. The first-order valence-corrected chi connectivity index (χ1v) is 7.73. The van der Waals surface area contributed by atoms with Gasteiger partial charge in [0.2, 0.25) is 5.91 Å². The fourth-order valence-electron chi connectivity index (χ4n) is 1.54. The van der Waals surface area contributed by atoms with Gasteiger partial charge >= 0.3 is 0 Å². The van der Waals surface area contributed by atoms with Gasteiger partial charge in [-0.3, -0.25) is 9.00 Å². The van der Waals surface area contributed by atoms with Crippen molar-refractivity contribution < 1.29 is 9.00 Å². The van der Waals surface area contributed by atoms with E-state index in [4.69, 9.17) is 5.73 Å². The van der Waals surface area contributed by atoms with E-state index in [1.807, 2.05) is 6.92 Å². The molecule has 1 aromatic rings. The van der Waals surface area contributed by atoms with Gasteiger partial charge in [-0.2, -0.15) is 0 Å². The number of nitrogen functional groups attached to an aromatic ring is 1. The Labute approximate surface area is 117 Å². The Kier molecular flexibility index (Phi) is 6.02. The molecule has 0 aliphatic carbocycles. The molecule has 0 fully saturated rings. The van der Waals surface area contributed by atoms with E-state index >= 15 is 0 Å². The van der Waals surface area contributed by atoms with E-state index in [9.17, 15) is 9.00 Å². The molecule has 1 aromatic carbocycles. The molecule has 0 heterocycles. The summed E-state index contributed by atoms with van der Waals surface area (Å²) < 4.78 is 12.0. The van der Waals surface area contributed by atoms with E-state index in [0.717, 1.165) is 12.0 Å². The molecule has 5 heteroatoms. The molecule has 0 aliphatic rings. The van der Waals surface area contributed by atoms with E-state index in [1.165, 1.54) is 0 Å². The van der Waals surface area contributed by atoms with Crippen LogP contribution in [0.4, 0.5) is 5.69 Å². The van der Waals surface area contributed by atoms with Crippen LogP contribution in [0.15, 0.2) is 23.1 Å². The van der Waals surface area contributed by atoms with E-state index in [2.05, 4.69) is 19.2 Å². The van der Waals surface area contributed by atoms with Gasteiger partial charge in [0.15, 0.2) is 0 Å². The Morgan fingerprint density at radius 1 is 1.42 bits per heavy atom. The summed E-state index contributed by atoms with van der Waals surface area (Å²) in [6.07, 6.45) is 0.930. The van der Waals surface area contributed by atoms with Gasteiger partial charge in [-0.05, 0) is 43.0 Å². The van der Waals surface area contributed by atoms with E-state index < -0.39 is 10.8 Å². The zero-order valence-corrected chi connectivity index (χ0v) is 12.5. The summed E-state index contributed by atoms with van der Waals surface area (Å²) in [5.74, 6) is 0.376. The molecule has 1 unspecified atom stereocenters. The van der Waals surface area contributed by atoms with Crippen LogP contribution in [0, 0.1) is 12.8 Å². The van der Waals surface area contributed by atoms with Crippen molar-refractivity contribution in [1.82, 2.24) is 5.32 Å². The Hall–Kier alpha value is -1.36. The van der Waals surface area contributed by atoms with Crippen molar-refractivity contribution >= 4 is 22.4 Å². The fraction of sp³-hybridized carbons (Fsp3) is 0.500. The number of aryl methyl sites for hydroxylation is 1. The highest BCUT2D eigenvalue weighted by Crippen LogP contribution is 2.15. The smallest absolute Gasteiger partial charge is 0.232 e. The second-order valence-corrected chi connectivity index (χ2v) is 6.49. The van der Waals surface area contributed by atoms with Gasteiger partial charge in [0.1, 0.15) is 5.75 Å². The highest BCUT2D eigenvalue weighted by atomic mass is 32.2. The van der Waals surface area contributed by atoms with Crippen molar-refractivity contribution in [3.63, 3.8) is 0 Å². The maximum atomic E-state index is 12.0. The zero-order chi connectivity index (χ0) is 14.4. The second kappa shape index (κ2) is 7.28. The first-order chi connectivity index (χ1) is 8.90. The monoisotopic (exact) mass is 282 g/mol. The van der Waals surface area contributed by atoms with Crippen molar-refractivity contribution in [2.24, 2.45) is 5.92 Å². The number of rotatable bonds is 6. The van der Waals surface area contributed by atoms with Gasteiger partial charge in [-0.15, -0.1) is 0 Å². The summed E-state index contributed by atoms with van der Waals surface area (Å²) in [7, 11) is -1.31. The average molecular weight is 282 g/mol. The van der Waals surface area contributed by atoms with Crippen LogP contribution in [-0.4, -0.2) is 22.4 Å². The Morgan fingerprint density at radius 3 is 2.68 bits per heavy atom. The van der Waals surface area contributed by atoms with Crippen LogP contribution in [0.1, 0.15) is 25.8 Å². The second-order valence-electron chi connectivity index (χ2n) is 5.04. The Balaban J connectivity index is 2.50. The molecule has 0 bridgehead atoms. The van der Waals surface area contributed by atoms with Crippen molar-refractivity contribution in [2.45, 2.75) is 32.1 Å². The number of nitrogens with two attached hydrogens (primary N) is 1. The van der Waals surface area contributed by atoms with Crippen LogP contribution >= 0.6 is 0 Å². The number of hydrogen-bond acceptors (Lipinski definition) is 3. The molecule has 3 N–H and O–H groups in total. The summed E-state index contributed by atoms with van der Waals surface area (Å²) in [5, 5.41) is 2.78. The lowest BCUT2D eigenvalue weighted by molar-refractivity contribution is -0.118. The van der Waals surface area contributed by atoms with E-state index in [-0.39, 0.29) is 11.7 Å². The minimum absolute atomic E-state index is 0.00144. The molecule has 0 aromatic heterocycles. The van der Waals surface area contributed by atoms with E-state index in [0.29, 0.717) is 23.0 Å². The van der Waals surface area contributed by atoms with Crippen LogP contribution < -0.4 is 11.1 Å². The molecular formula is C14H22N2O2S. The van der Waals surface area contributed by atoms with Crippen LogP contribution in [0.2, 0.25) is 0 Å². The predicted octanol–water partition coefficient (Wildman–Crippen LogP) is 1.85. The molecule has 106 valence electrons. The quantitative estimate of drug-likeness (QED) is 0.782. The number of amides is 1. The van der Waals surface area contributed by atoms with Gasteiger partial charge in [-0.1, -0.05) is 13.8 Å². The average Bonchev–Trinajstić information content (AvgIpc) is 2.32. The number of benzene rings is 1. The molecule has 0 spiro atoms. The normalized spacial score (nSPS) is 12.4. The molecule has 1 atom stereocenters. The summed E-state index contributed by atoms with van der Waals surface area (Å²) in [5.41, 5.74) is 7.26. The van der Waals surface area contributed by atoms with Crippen molar-refractivity contribution in [1.29, 1.82) is 0 Å². The highest BCUT2D eigenvalue weighted by Gasteiger charge is 2.10. The molecule has 0 saturated heterocycles. The summed E-state index contributed by atoms with van der Waals surface area (Å²) in [6.45, 7) is 6.69. The maximum absolute atomic E-state index is 12.0. The van der Waals surface area contributed by atoms with Crippen LogP contribution in [0.25, 0.3) is 0 Å². The molecule has 0 radical (unpaired) electrons. The number of carbonyl (C=O) groups excluding carboxylic acids is 1. The molecule has 1 amide bonds. The molecule has 1 rings (SSSR count). The van der Waals surface area contributed by atoms with Crippen molar-refractivity contribution in [3.05, 3.63) is 23.8 Å². The van der Waals surface area contributed by atoms with Crippen LogP contribution in [0.5, 0.6) is 0 Å². The lowest BCUT2D eigenvalue weighted by atomic mass is 10.1. The number of anilines is 1. The van der Waals surface area contributed by atoms with Gasteiger partial charge in [0, 0.05) is 17.1 Å². The van der Waals surface area contributed by atoms with Crippen molar-refractivity contribution in [3.8, 4) is 0 Å². The number of nitrogens with one attached hydrogen (secondary N) is 1. The lowest BCUT2D eigenvalue weighted by Gasteiger charge is -2.08.